The first-order chi connectivity index (χ1) is 13.1. The number of rotatable bonds is 8. The number of carbonyl (C=O) groups excluding carboxylic acids is 1. The Kier molecular flexibility index (Phi) is 7.69. The summed E-state index contributed by atoms with van der Waals surface area (Å²) < 4.78 is 25.7. The number of amides is 1. The fourth-order valence-corrected chi connectivity index (χ4v) is 4.30. The molecule has 0 aromatic heterocycles. The highest BCUT2D eigenvalue weighted by molar-refractivity contribution is 7.99. The number of hydrogen-bond acceptors (Lipinski definition) is 4. The Hall–Kier alpha value is -1.83. The van der Waals surface area contributed by atoms with Gasteiger partial charge in [0.25, 0.3) is 0 Å². The van der Waals surface area contributed by atoms with E-state index < -0.39 is 10.0 Å². The summed E-state index contributed by atoms with van der Waals surface area (Å²) >= 11 is 1.47. The van der Waals surface area contributed by atoms with Gasteiger partial charge in [0.15, 0.2) is 0 Å². The zero-order valence-electron chi connectivity index (χ0n) is 17.0. The maximum absolute atomic E-state index is 12.4. The van der Waals surface area contributed by atoms with E-state index in [0.29, 0.717) is 11.7 Å². The van der Waals surface area contributed by atoms with Gasteiger partial charge in [-0.2, -0.15) is 0 Å². The van der Waals surface area contributed by atoms with Crippen LogP contribution in [-0.4, -0.2) is 38.0 Å². The molecular formula is C21H28N2O3S2. The smallest absolute Gasteiger partial charge is 0.242 e. The first kappa shape index (κ1) is 22.5. The van der Waals surface area contributed by atoms with Gasteiger partial charge >= 0.3 is 0 Å². The van der Waals surface area contributed by atoms with Gasteiger partial charge in [-0.1, -0.05) is 38.1 Å². The Bertz CT molecular complexity index is 908. The normalized spacial score (nSPS) is 13.0. The SMILES string of the molecule is CC(SCc1cccc(S(=O)(=O)N(C)C)c1)C(=O)Nc1ccc(C(C)C)cc1. The third kappa shape index (κ3) is 5.83. The number of hydrogen-bond donors (Lipinski definition) is 1. The average Bonchev–Trinajstić information content (AvgIpc) is 2.66. The van der Waals surface area contributed by atoms with Crippen LogP contribution in [-0.2, 0) is 20.6 Å². The summed E-state index contributed by atoms with van der Waals surface area (Å²) in [7, 11) is -0.438. The molecule has 0 fully saturated rings. The first-order valence-corrected chi connectivity index (χ1v) is 11.6. The van der Waals surface area contributed by atoms with E-state index in [0.717, 1.165) is 11.3 Å². The van der Waals surface area contributed by atoms with Crippen molar-refractivity contribution >= 4 is 33.4 Å². The van der Waals surface area contributed by atoms with Crippen LogP contribution in [0.2, 0.25) is 0 Å². The third-order valence-corrected chi connectivity index (χ3v) is 7.42. The molecule has 0 spiro atoms. The van der Waals surface area contributed by atoms with Crippen LogP contribution in [0.4, 0.5) is 5.69 Å². The molecule has 5 nitrogen and oxygen atoms in total. The van der Waals surface area contributed by atoms with Crippen molar-refractivity contribution in [3.63, 3.8) is 0 Å². The third-order valence-electron chi connectivity index (χ3n) is 4.39. The number of nitrogens with zero attached hydrogens (tertiary/aromatic N) is 1. The molecule has 0 heterocycles. The van der Waals surface area contributed by atoms with Crippen molar-refractivity contribution in [2.45, 2.75) is 42.6 Å². The second-order valence-corrected chi connectivity index (χ2v) is 10.6. The van der Waals surface area contributed by atoms with Crippen LogP contribution in [0.1, 0.15) is 37.8 Å². The number of sulfonamides is 1. The lowest BCUT2D eigenvalue weighted by atomic mass is 10.0. The van der Waals surface area contributed by atoms with Crippen LogP contribution >= 0.6 is 11.8 Å². The average molecular weight is 421 g/mol. The van der Waals surface area contributed by atoms with Gasteiger partial charge in [-0.15, -0.1) is 11.8 Å². The number of nitrogens with one attached hydrogen (secondary N) is 1. The van der Waals surface area contributed by atoms with E-state index in [1.165, 1.54) is 35.7 Å². The van der Waals surface area contributed by atoms with Crippen molar-refractivity contribution in [2.75, 3.05) is 19.4 Å². The van der Waals surface area contributed by atoms with E-state index in [1.807, 2.05) is 37.3 Å². The predicted octanol–water partition coefficient (Wildman–Crippen LogP) is 4.32. The number of carbonyl (C=O) groups is 1. The van der Waals surface area contributed by atoms with Crippen LogP contribution in [0.3, 0.4) is 0 Å². The van der Waals surface area contributed by atoms with Gasteiger partial charge in [0.05, 0.1) is 10.1 Å². The summed E-state index contributed by atoms with van der Waals surface area (Å²) in [5.41, 5.74) is 2.88. The minimum Gasteiger partial charge on any atom is -0.325 e. The monoisotopic (exact) mass is 420 g/mol. The molecule has 0 aliphatic rings. The van der Waals surface area contributed by atoms with Crippen LogP contribution in [0.15, 0.2) is 53.4 Å². The van der Waals surface area contributed by atoms with Gasteiger partial charge in [-0.3, -0.25) is 4.79 Å². The van der Waals surface area contributed by atoms with Crippen molar-refractivity contribution < 1.29 is 13.2 Å². The summed E-state index contributed by atoms with van der Waals surface area (Å²) in [6.45, 7) is 6.11. The Morgan fingerprint density at radius 2 is 1.71 bits per heavy atom. The molecule has 1 N–H and O–H groups in total. The molecule has 1 atom stereocenters. The van der Waals surface area contributed by atoms with Crippen LogP contribution in [0, 0.1) is 0 Å². The van der Waals surface area contributed by atoms with Crippen molar-refractivity contribution in [3.8, 4) is 0 Å². The minimum atomic E-state index is -3.46. The molecule has 28 heavy (non-hydrogen) atoms. The van der Waals surface area contributed by atoms with Gasteiger partial charge in [0, 0.05) is 25.5 Å². The predicted molar refractivity (Wildman–Crippen MR) is 117 cm³/mol. The number of thioether (sulfide) groups is 1. The quantitative estimate of drug-likeness (QED) is 0.691. The fourth-order valence-electron chi connectivity index (χ4n) is 2.50. The molecule has 152 valence electrons. The molecule has 1 amide bonds. The Balaban J connectivity index is 1.96. The second-order valence-electron chi connectivity index (χ2n) is 7.15. The van der Waals surface area contributed by atoms with Crippen LogP contribution in [0.25, 0.3) is 0 Å². The summed E-state index contributed by atoms with van der Waals surface area (Å²) in [6, 6.07) is 14.7. The zero-order valence-corrected chi connectivity index (χ0v) is 18.6. The van der Waals surface area contributed by atoms with E-state index in [9.17, 15) is 13.2 Å². The van der Waals surface area contributed by atoms with E-state index in [4.69, 9.17) is 0 Å². The van der Waals surface area contributed by atoms with Gasteiger partial charge < -0.3 is 5.32 Å². The summed E-state index contributed by atoms with van der Waals surface area (Å²) in [5.74, 6) is 0.933. The first-order valence-electron chi connectivity index (χ1n) is 9.15. The lowest BCUT2D eigenvalue weighted by molar-refractivity contribution is -0.115. The molecule has 0 saturated heterocycles. The summed E-state index contributed by atoms with van der Waals surface area (Å²) in [4.78, 5) is 12.7. The van der Waals surface area contributed by atoms with E-state index in [1.54, 1.807) is 18.2 Å². The number of benzene rings is 2. The largest absolute Gasteiger partial charge is 0.325 e. The van der Waals surface area contributed by atoms with Gasteiger partial charge in [-0.25, -0.2) is 12.7 Å². The molecule has 2 rings (SSSR count). The second kappa shape index (κ2) is 9.58. The maximum atomic E-state index is 12.4. The van der Waals surface area contributed by atoms with E-state index in [-0.39, 0.29) is 16.1 Å². The Morgan fingerprint density at radius 1 is 1.07 bits per heavy atom. The molecule has 0 aliphatic carbocycles. The van der Waals surface area contributed by atoms with Crippen molar-refractivity contribution in [3.05, 3.63) is 59.7 Å². The number of anilines is 1. The lowest BCUT2D eigenvalue weighted by Gasteiger charge is -2.14. The highest BCUT2D eigenvalue weighted by Crippen LogP contribution is 2.23. The van der Waals surface area contributed by atoms with Gasteiger partial charge in [0.2, 0.25) is 15.9 Å². The molecule has 0 radical (unpaired) electrons. The van der Waals surface area contributed by atoms with Crippen LogP contribution in [0.5, 0.6) is 0 Å². The van der Waals surface area contributed by atoms with Crippen molar-refractivity contribution in [1.82, 2.24) is 4.31 Å². The molecule has 0 aliphatic heterocycles. The molecular weight excluding hydrogens is 392 g/mol. The zero-order chi connectivity index (χ0) is 20.9. The molecule has 2 aromatic carbocycles. The Labute approximate surface area is 172 Å². The Morgan fingerprint density at radius 3 is 2.29 bits per heavy atom. The summed E-state index contributed by atoms with van der Waals surface area (Å²) in [5, 5.41) is 2.67. The topological polar surface area (TPSA) is 66.5 Å². The highest BCUT2D eigenvalue weighted by atomic mass is 32.2. The molecule has 0 saturated carbocycles. The molecule has 2 aromatic rings. The standard InChI is InChI=1S/C21H28N2O3S2/c1-15(2)18-9-11-19(12-10-18)22-21(24)16(3)27-14-17-7-6-8-20(13-17)28(25,26)23(4)5/h6-13,15-16H,14H2,1-5H3,(H,22,24). The van der Waals surface area contributed by atoms with Gasteiger partial charge in [-0.05, 0) is 48.2 Å². The van der Waals surface area contributed by atoms with Crippen molar-refractivity contribution in [2.24, 2.45) is 0 Å². The minimum absolute atomic E-state index is 0.0700. The summed E-state index contributed by atoms with van der Waals surface area (Å²) in [6.07, 6.45) is 0. The van der Waals surface area contributed by atoms with Crippen molar-refractivity contribution in [1.29, 1.82) is 0 Å². The molecule has 1 unspecified atom stereocenters. The van der Waals surface area contributed by atoms with Gasteiger partial charge in [0.1, 0.15) is 0 Å². The molecule has 0 bridgehead atoms. The highest BCUT2D eigenvalue weighted by Gasteiger charge is 2.18. The fraction of sp³-hybridized carbons (Fsp3) is 0.381. The van der Waals surface area contributed by atoms with Crippen LogP contribution < -0.4 is 5.32 Å². The maximum Gasteiger partial charge on any atom is 0.242 e. The van der Waals surface area contributed by atoms with E-state index >= 15 is 0 Å². The lowest BCUT2D eigenvalue weighted by Crippen LogP contribution is -2.23. The van der Waals surface area contributed by atoms with E-state index in [2.05, 4.69) is 19.2 Å². The molecule has 7 heteroatoms.